The summed E-state index contributed by atoms with van der Waals surface area (Å²) in [7, 11) is 0. The SMILES string of the molecule is Cc1cc(C2COCCN2)ccc1NC(=O)OC(C)(C)C. The van der Waals surface area contributed by atoms with Crippen LogP contribution in [0, 0.1) is 6.92 Å². The monoisotopic (exact) mass is 292 g/mol. The molecule has 1 aliphatic rings. The lowest BCUT2D eigenvalue weighted by Gasteiger charge is -2.25. The summed E-state index contributed by atoms with van der Waals surface area (Å²) in [5, 5.41) is 6.20. The Hall–Kier alpha value is -1.59. The number of morpholine rings is 1. The minimum atomic E-state index is -0.499. The minimum absolute atomic E-state index is 0.216. The van der Waals surface area contributed by atoms with Gasteiger partial charge in [0.1, 0.15) is 5.60 Å². The van der Waals surface area contributed by atoms with Crippen molar-refractivity contribution in [3.63, 3.8) is 0 Å². The van der Waals surface area contributed by atoms with E-state index >= 15 is 0 Å². The van der Waals surface area contributed by atoms with Crippen LogP contribution in [0.25, 0.3) is 0 Å². The van der Waals surface area contributed by atoms with Crippen LogP contribution in [0.3, 0.4) is 0 Å². The van der Waals surface area contributed by atoms with Crippen LogP contribution in [0.5, 0.6) is 0 Å². The van der Waals surface area contributed by atoms with E-state index in [-0.39, 0.29) is 6.04 Å². The minimum Gasteiger partial charge on any atom is -0.444 e. The molecule has 0 aliphatic carbocycles. The third kappa shape index (κ3) is 4.72. The normalized spacial score (nSPS) is 19.1. The van der Waals surface area contributed by atoms with E-state index in [0.717, 1.165) is 24.4 Å². The van der Waals surface area contributed by atoms with Crippen molar-refractivity contribution in [2.75, 3.05) is 25.1 Å². The van der Waals surface area contributed by atoms with Crippen LogP contribution < -0.4 is 10.6 Å². The molecule has 2 N–H and O–H groups in total. The first kappa shape index (κ1) is 15.8. The number of carbonyl (C=O) groups excluding carboxylic acids is 1. The van der Waals surface area contributed by atoms with E-state index in [1.54, 1.807) is 0 Å². The number of nitrogens with one attached hydrogen (secondary N) is 2. The molecule has 1 aromatic carbocycles. The van der Waals surface area contributed by atoms with Gasteiger partial charge >= 0.3 is 6.09 Å². The van der Waals surface area contributed by atoms with Crippen molar-refractivity contribution in [3.05, 3.63) is 29.3 Å². The zero-order chi connectivity index (χ0) is 15.5. The smallest absolute Gasteiger partial charge is 0.412 e. The predicted octanol–water partition coefficient (Wildman–Crippen LogP) is 3.00. The molecule has 0 spiro atoms. The summed E-state index contributed by atoms with van der Waals surface area (Å²) in [5.41, 5.74) is 2.44. The van der Waals surface area contributed by atoms with Gasteiger partial charge in [0.2, 0.25) is 0 Å². The number of carbonyl (C=O) groups is 1. The highest BCUT2D eigenvalue weighted by Crippen LogP contribution is 2.23. The van der Waals surface area contributed by atoms with E-state index in [1.807, 2.05) is 39.8 Å². The fourth-order valence-corrected chi connectivity index (χ4v) is 2.24. The van der Waals surface area contributed by atoms with E-state index in [2.05, 4.69) is 16.7 Å². The molecular formula is C16H24N2O3. The lowest BCUT2D eigenvalue weighted by molar-refractivity contribution is 0.0635. The molecule has 1 atom stereocenters. The summed E-state index contributed by atoms with van der Waals surface area (Å²) in [6.45, 7) is 9.80. The van der Waals surface area contributed by atoms with Crippen molar-refractivity contribution >= 4 is 11.8 Å². The summed E-state index contributed by atoms with van der Waals surface area (Å²) in [4.78, 5) is 11.8. The van der Waals surface area contributed by atoms with E-state index in [4.69, 9.17) is 9.47 Å². The number of hydrogen-bond acceptors (Lipinski definition) is 4. The maximum Gasteiger partial charge on any atom is 0.412 e. The van der Waals surface area contributed by atoms with Gasteiger partial charge in [0.05, 0.1) is 19.3 Å². The van der Waals surface area contributed by atoms with Crippen LogP contribution in [-0.2, 0) is 9.47 Å². The molecule has 1 heterocycles. The molecule has 0 saturated carbocycles. The molecule has 116 valence electrons. The Morgan fingerprint density at radius 3 is 2.76 bits per heavy atom. The van der Waals surface area contributed by atoms with Crippen LogP contribution in [0.1, 0.15) is 37.9 Å². The molecule has 1 saturated heterocycles. The summed E-state index contributed by atoms with van der Waals surface area (Å²) in [5.74, 6) is 0. The number of aryl methyl sites for hydroxylation is 1. The molecule has 5 nitrogen and oxygen atoms in total. The van der Waals surface area contributed by atoms with E-state index in [0.29, 0.717) is 6.61 Å². The van der Waals surface area contributed by atoms with E-state index < -0.39 is 11.7 Å². The molecule has 1 aromatic rings. The van der Waals surface area contributed by atoms with Gasteiger partial charge in [0.15, 0.2) is 0 Å². The second-order valence-corrected chi connectivity index (χ2v) is 6.28. The van der Waals surface area contributed by atoms with Crippen molar-refractivity contribution in [1.82, 2.24) is 5.32 Å². The van der Waals surface area contributed by atoms with Crippen LogP contribution >= 0.6 is 0 Å². The van der Waals surface area contributed by atoms with Gasteiger partial charge < -0.3 is 14.8 Å². The Balaban J connectivity index is 2.03. The third-order valence-electron chi connectivity index (χ3n) is 3.21. The maximum absolute atomic E-state index is 11.8. The maximum atomic E-state index is 11.8. The molecule has 21 heavy (non-hydrogen) atoms. The second-order valence-electron chi connectivity index (χ2n) is 6.28. The fraction of sp³-hybridized carbons (Fsp3) is 0.562. The van der Waals surface area contributed by atoms with Crippen molar-refractivity contribution in [2.24, 2.45) is 0 Å². The zero-order valence-electron chi connectivity index (χ0n) is 13.2. The highest BCUT2D eigenvalue weighted by molar-refractivity contribution is 5.85. The van der Waals surface area contributed by atoms with Crippen LogP contribution in [0.2, 0.25) is 0 Å². The number of hydrogen-bond donors (Lipinski definition) is 2. The molecule has 1 aliphatic heterocycles. The quantitative estimate of drug-likeness (QED) is 0.879. The van der Waals surface area contributed by atoms with Crippen molar-refractivity contribution in [1.29, 1.82) is 0 Å². The highest BCUT2D eigenvalue weighted by atomic mass is 16.6. The number of amides is 1. The zero-order valence-corrected chi connectivity index (χ0v) is 13.2. The Bertz CT molecular complexity index is 503. The van der Waals surface area contributed by atoms with Crippen molar-refractivity contribution < 1.29 is 14.3 Å². The molecule has 0 bridgehead atoms. The van der Waals surface area contributed by atoms with Crippen LogP contribution in [0.4, 0.5) is 10.5 Å². The molecule has 0 radical (unpaired) electrons. The molecular weight excluding hydrogens is 268 g/mol. The molecule has 1 fully saturated rings. The fourth-order valence-electron chi connectivity index (χ4n) is 2.24. The average molecular weight is 292 g/mol. The first-order valence-corrected chi connectivity index (χ1v) is 7.27. The van der Waals surface area contributed by atoms with Gasteiger partial charge in [0, 0.05) is 12.2 Å². The lowest BCUT2D eigenvalue weighted by atomic mass is 10.0. The van der Waals surface area contributed by atoms with Crippen LogP contribution in [-0.4, -0.2) is 31.5 Å². The highest BCUT2D eigenvalue weighted by Gasteiger charge is 2.18. The lowest BCUT2D eigenvalue weighted by Crippen LogP contribution is -2.34. The number of anilines is 1. The Kier molecular flexibility index (Phi) is 4.85. The number of ether oxygens (including phenoxy) is 2. The molecule has 0 aromatic heterocycles. The summed E-state index contributed by atoms with van der Waals surface area (Å²) < 4.78 is 10.7. The molecule has 1 amide bonds. The molecule has 2 rings (SSSR count). The van der Waals surface area contributed by atoms with Gasteiger partial charge in [-0.3, -0.25) is 5.32 Å². The average Bonchev–Trinajstić information content (AvgIpc) is 2.40. The molecule has 1 unspecified atom stereocenters. The Morgan fingerprint density at radius 1 is 1.43 bits per heavy atom. The van der Waals surface area contributed by atoms with Crippen LogP contribution in [0.15, 0.2) is 18.2 Å². The van der Waals surface area contributed by atoms with Gasteiger partial charge in [-0.15, -0.1) is 0 Å². The predicted molar refractivity (Wildman–Crippen MR) is 82.6 cm³/mol. The standard InChI is InChI=1S/C16H24N2O3/c1-11-9-12(14-10-20-8-7-17-14)5-6-13(11)18-15(19)21-16(2,3)4/h5-6,9,14,17H,7-8,10H2,1-4H3,(H,18,19). The van der Waals surface area contributed by atoms with Crippen molar-refractivity contribution in [2.45, 2.75) is 39.3 Å². The largest absolute Gasteiger partial charge is 0.444 e. The van der Waals surface area contributed by atoms with Gasteiger partial charge in [0.25, 0.3) is 0 Å². The van der Waals surface area contributed by atoms with E-state index in [1.165, 1.54) is 5.56 Å². The van der Waals surface area contributed by atoms with Gasteiger partial charge in [-0.2, -0.15) is 0 Å². The number of benzene rings is 1. The summed E-state index contributed by atoms with van der Waals surface area (Å²) >= 11 is 0. The van der Waals surface area contributed by atoms with Gasteiger partial charge in [-0.05, 0) is 44.9 Å². The third-order valence-corrected chi connectivity index (χ3v) is 3.21. The van der Waals surface area contributed by atoms with Gasteiger partial charge in [-0.1, -0.05) is 12.1 Å². The summed E-state index contributed by atoms with van der Waals surface area (Å²) in [6.07, 6.45) is -0.433. The topological polar surface area (TPSA) is 59.6 Å². The van der Waals surface area contributed by atoms with E-state index in [9.17, 15) is 4.79 Å². The second kappa shape index (κ2) is 6.45. The summed E-state index contributed by atoms with van der Waals surface area (Å²) in [6, 6.07) is 6.20. The van der Waals surface area contributed by atoms with Crippen molar-refractivity contribution in [3.8, 4) is 0 Å². The Labute approximate surface area is 126 Å². The van der Waals surface area contributed by atoms with Gasteiger partial charge in [-0.25, -0.2) is 4.79 Å². The molecule has 5 heteroatoms. The number of rotatable bonds is 2. The Morgan fingerprint density at radius 2 is 2.19 bits per heavy atom. The first-order valence-electron chi connectivity index (χ1n) is 7.27. The first-order chi connectivity index (χ1) is 9.85.